The summed E-state index contributed by atoms with van der Waals surface area (Å²) in [6, 6.07) is 9.24. The number of carbonyl (C=O) groups is 1. The van der Waals surface area contributed by atoms with Crippen LogP contribution >= 0.6 is 11.6 Å². The number of hydrogen-bond acceptors (Lipinski definition) is 3. The Balaban J connectivity index is 2.19. The van der Waals surface area contributed by atoms with Gasteiger partial charge in [0.15, 0.2) is 6.10 Å². The van der Waals surface area contributed by atoms with E-state index in [1.54, 1.807) is 24.3 Å². The van der Waals surface area contributed by atoms with Crippen LogP contribution < -0.4 is 4.74 Å². The van der Waals surface area contributed by atoms with Crippen LogP contribution in [0.25, 0.3) is 0 Å². The highest BCUT2D eigenvalue weighted by molar-refractivity contribution is 6.30. The molecular weight excluding hydrogens is 283 g/mol. The summed E-state index contributed by atoms with van der Waals surface area (Å²) in [7, 11) is 1.44. The number of esters is 1. The molecule has 0 saturated heterocycles. The zero-order valence-corrected chi connectivity index (χ0v) is 11.3. The Bertz CT molecular complexity index is 700. The number of benzene rings is 2. The Morgan fingerprint density at radius 1 is 1.30 bits per heavy atom. The standard InChI is InChI=1S/C15H10ClFO3/c1-19-12-4-2-3-11(17)13(12)14-10-7-8(16)5-6-9(10)15(18)20-14/h2-7,14H,1H3. The number of rotatable bonds is 2. The van der Waals surface area contributed by atoms with Gasteiger partial charge in [-0.1, -0.05) is 17.7 Å². The van der Waals surface area contributed by atoms with Crippen LogP contribution in [0.15, 0.2) is 36.4 Å². The maximum atomic E-state index is 14.1. The van der Waals surface area contributed by atoms with Crippen molar-refractivity contribution < 1.29 is 18.7 Å². The second kappa shape index (κ2) is 4.80. The van der Waals surface area contributed by atoms with Gasteiger partial charge in [-0.15, -0.1) is 0 Å². The Labute approximate surface area is 119 Å². The fourth-order valence-corrected chi connectivity index (χ4v) is 2.52. The van der Waals surface area contributed by atoms with Gasteiger partial charge in [-0.3, -0.25) is 0 Å². The van der Waals surface area contributed by atoms with E-state index in [4.69, 9.17) is 21.1 Å². The van der Waals surface area contributed by atoms with E-state index in [0.29, 0.717) is 21.9 Å². The van der Waals surface area contributed by atoms with E-state index < -0.39 is 17.9 Å². The summed E-state index contributed by atoms with van der Waals surface area (Å²) in [6.45, 7) is 0. The molecule has 0 saturated carbocycles. The van der Waals surface area contributed by atoms with Crippen molar-refractivity contribution in [2.75, 3.05) is 7.11 Å². The summed E-state index contributed by atoms with van der Waals surface area (Å²) in [4.78, 5) is 11.8. The highest BCUT2D eigenvalue weighted by atomic mass is 35.5. The first-order valence-corrected chi connectivity index (χ1v) is 6.32. The van der Waals surface area contributed by atoms with Crippen LogP contribution in [0.5, 0.6) is 5.75 Å². The molecule has 3 rings (SSSR count). The Hall–Kier alpha value is -2.07. The normalized spacial score (nSPS) is 16.8. The van der Waals surface area contributed by atoms with Crippen molar-refractivity contribution in [3.05, 3.63) is 63.9 Å². The molecule has 0 aliphatic carbocycles. The van der Waals surface area contributed by atoms with Crippen LogP contribution in [0.3, 0.4) is 0 Å². The van der Waals surface area contributed by atoms with Gasteiger partial charge in [-0.2, -0.15) is 0 Å². The van der Waals surface area contributed by atoms with Gasteiger partial charge in [0.25, 0.3) is 0 Å². The molecule has 5 heteroatoms. The maximum Gasteiger partial charge on any atom is 0.339 e. The lowest BCUT2D eigenvalue weighted by Gasteiger charge is -2.15. The van der Waals surface area contributed by atoms with Crippen LogP contribution in [0.1, 0.15) is 27.6 Å². The van der Waals surface area contributed by atoms with Crippen LogP contribution in [0.2, 0.25) is 5.02 Å². The highest BCUT2D eigenvalue weighted by Gasteiger charge is 2.35. The van der Waals surface area contributed by atoms with E-state index >= 15 is 0 Å². The van der Waals surface area contributed by atoms with Crippen molar-refractivity contribution in [3.63, 3.8) is 0 Å². The zero-order chi connectivity index (χ0) is 14.3. The summed E-state index contributed by atoms with van der Waals surface area (Å²) in [5.41, 5.74) is 1.14. The number of carbonyl (C=O) groups excluding carboxylic acids is 1. The summed E-state index contributed by atoms with van der Waals surface area (Å²) in [5, 5.41) is 0.461. The number of hydrogen-bond donors (Lipinski definition) is 0. The van der Waals surface area contributed by atoms with Crippen molar-refractivity contribution in [2.24, 2.45) is 0 Å². The molecule has 20 heavy (non-hydrogen) atoms. The average Bonchev–Trinajstić information content (AvgIpc) is 2.75. The Morgan fingerprint density at radius 2 is 2.10 bits per heavy atom. The van der Waals surface area contributed by atoms with Crippen molar-refractivity contribution in [3.8, 4) is 5.75 Å². The van der Waals surface area contributed by atoms with E-state index in [0.717, 1.165) is 0 Å². The van der Waals surface area contributed by atoms with Gasteiger partial charge in [0.2, 0.25) is 0 Å². The largest absolute Gasteiger partial charge is 0.496 e. The Kier molecular flexibility index (Phi) is 3.10. The zero-order valence-electron chi connectivity index (χ0n) is 10.5. The molecule has 0 aromatic heterocycles. The summed E-state index contributed by atoms with van der Waals surface area (Å²) in [6.07, 6.45) is -0.840. The molecule has 2 aromatic carbocycles. The minimum absolute atomic E-state index is 0.198. The molecule has 0 bridgehead atoms. The molecule has 0 radical (unpaired) electrons. The average molecular weight is 293 g/mol. The number of cyclic esters (lactones) is 1. The van der Waals surface area contributed by atoms with Crippen molar-refractivity contribution in [1.29, 1.82) is 0 Å². The number of fused-ring (bicyclic) bond motifs is 1. The predicted molar refractivity (Wildman–Crippen MR) is 71.7 cm³/mol. The van der Waals surface area contributed by atoms with Crippen LogP contribution in [-0.2, 0) is 4.74 Å². The first-order chi connectivity index (χ1) is 9.61. The fourth-order valence-electron chi connectivity index (χ4n) is 2.33. The fraction of sp³-hybridized carbons (Fsp3) is 0.133. The highest BCUT2D eigenvalue weighted by Crippen LogP contribution is 2.41. The van der Waals surface area contributed by atoms with Gasteiger partial charge >= 0.3 is 5.97 Å². The smallest absolute Gasteiger partial charge is 0.339 e. The molecule has 0 spiro atoms. The summed E-state index contributed by atoms with van der Waals surface area (Å²) < 4.78 is 24.5. The van der Waals surface area contributed by atoms with Crippen LogP contribution in [-0.4, -0.2) is 13.1 Å². The molecule has 0 amide bonds. The topological polar surface area (TPSA) is 35.5 Å². The van der Waals surface area contributed by atoms with Crippen molar-refractivity contribution in [1.82, 2.24) is 0 Å². The number of methoxy groups -OCH3 is 1. The third-order valence-corrected chi connectivity index (χ3v) is 3.47. The lowest BCUT2D eigenvalue weighted by Crippen LogP contribution is -2.06. The van der Waals surface area contributed by atoms with E-state index in [-0.39, 0.29) is 5.56 Å². The number of ether oxygens (including phenoxy) is 2. The third-order valence-electron chi connectivity index (χ3n) is 3.24. The molecule has 1 unspecified atom stereocenters. The predicted octanol–water partition coefficient (Wildman–Crippen LogP) is 3.75. The first-order valence-electron chi connectivity index (χ1n) is 5.94. The van der Waals surface area contributed by atoms with Gasteiger partial charge in [0.1, 0.15) is 11.6 Å². The molecule has 1 heterocycles. The lowest BCUT2D eigenvalue weighted by atomic mass is 9.98. The summed E-state index contributed by atoms with van der Waals surface area (Å²) in [5.74, 6) is -0.655. The third kappa shape index (κ3) is 1.93. The minimum atomic E-state index is -0.840. The van der Waals surface area contributed by atoms with E-state index in [9.17, 15) is 9.18 Å². The molecule has 102 valence electrons. The van der Waals surface area contributed by atoms with Crippen molar-refractivity contribution in [2.45, 2.75) is 6.10 Å². The van der Waals surface area contributed by atoms with Gasteiger partial charge < -0.3 is 9.47 Å². The van der Waals surface area contributed by atoms with E-state index in [1.165, 1.54) is 19.2 Å². The first kappa shape index (κ1) is 12.9. The quantitative estimate of drug-likeness (QED) is 0.791. The monoisotopic (exact) mass is 292 g/mol. The SMILES string of the molecule is COc1cccc(F)c1C1OC(=O)c2ccc(Cl)cc21. The van der Waals surface area contributed by atoms with Crippen LogP contribution in [0, 0.1) is 5.82 Å². The molecule has 1 atom stereocenters. The van der Waals surface area contributed by atoms with Crippen LogP contribution in [0.4, 0.5) is 4.39 Å². The maximum absolute atomic E-state index is 14.1. The van der Waals surface area contributed by atoms with Gasteiger partial charge in [-0.05, 0) is 30.3 Å². The molecule has 0 fully saturated rings. The molecule has 1 aliphatic rings. The molecule has 2 aromatic rings. The minimum Gasteiger partial charge on any atom is -0.496 e. The second-order valence-electron chi connectivity index (χ2n) is 4.37. The van der Waals surface area contributed by atoms with E-state index in [2.05, 4.69) is 0 Å². The molecule has 1 aliphatic heterocycles. The van der Waals surface area contributed by atoms with Gasteiger partial charge in [0, 0.05) is 10.6 Å². The molecule has 0 N–H and O–H groups in total. The summed E-state index contributed by atoms with van der Waals surface area (Å²) >= 11 is 5.95. The Morgan fingerprint density at radius 3 is 2.85 bits per heavy atom. The van der Waals surface area contributed by atoms with E-state index in [1.807, 2.05) is 0 Å². The van der Waals surface area contributed by atoms with Crippen molar-refractivity contribution >= 4 is 17.6 Å². The number of halogens is 2. The van der Waals surface area contributed by atoms with Gasteiger partial charge in [-0.25, -0.2) is 9.18 Å². The molecular formula is C15H10ClFO3. The second-order valence-corrected chi connectivity index (χ2v) is 4.81. The van der Waals surface area contributed by atoms with Gasteiger partial charge in [0.05, 0.1) is 18.2 Å². The lowest BCUT2D eigenvalue weighted by molar-refractivity contribution is 0.0447. The molecule has 3 nitrogen and oxygen atoms in total.